The summed E-state index contributed by atoms with van der Waals surface area (Å²) in [6.45, 7) is 8.36. The molecule has 0 aromatic carbocycles. The highest BCUT2D eigenvalue weighted by atomic mass is 32.1. The Kier molecular flexibility index (Phi) is 6.22. The Balaban J connectivity index is 2.84. The number of nitrogens with one attached hydrogen (secondary N) is 1. The number of nitrogens with zero attached hydrogens (tertiary/aromatic N) is 1. The van der Waals surface area contributed by atoms with E-state index < -0.39 is 0 Å². The second kappa shape index (κ2) is 7.43. The maximum absolute atomic E-state index is 5.81. The van der Waals surface area contributed by atoms with Crippen molar-refractivity contribution in [1.82, 2.24) is 4.98 Å². The standard InChI is InChI=1S/C15H25N3S/c1-5-6-7-8-10(2)18-13-9-11(3)17-12(4)14(13)15(16)19/h9-10H,5-8H2,1-4H3,(H2,16,19)(H,17,18). The molecule has 1 aromatic heterocycles. The molecule has 0 amide bonds. The van der Waals surface area contributed by atoms with E-state index in [2.05, 4.69) is 24.1 Å². The molecule has 0 saturated heterocycles. The van der Waals surface area contributed by atoms with Gasteiger partial charge in [-0.2, -0.15) is 0 Å². The lowest BCUT2D eigenvalue weighted by molar-refractivity contribution is 0.615. The first-order valence-electron chi connectivity index (χ1n) is 7.00. The smallest absolute Gasteiger partial charge is 0.107 e. The van der Waals surface area contributed by atoms with Gasteiger partial charge >= 0.3 is 0 Å². The minimum atomic E-state index is 0.410. The minimum Gasteiger partial charge on any atom is -0.389 e. The molecule has 19 heavy (non-hydrogen) atoms. The van der Waals surface area contributed by atoms with Crippen LogP contribution in [0.1, 0.15) is 56.5 Å². The summed E-state index contributed by atoms with van der Waals surface area (Å²) in [6.07, 6.45) is 4.93. The van der Waals surface area contributed by atoms with Crippen LogP contribution in [0.2, 0.25) is 0 Å². The average molecular weight is 279 g/mol. The first-order chi connectivity index (χ1) is 8.95. The number of hydrogen-bond acceptors (Lipinski definition) is 3. The zero-order chi connectivity index (χ0) is 14.4. The summed E-state index contributed by atoms with van der Waals surface area (Å²) in [7, 11) is 0. The van der Waals surface area contributed by atoms with Gasteiger partial charge in [-0.3, -0.25) is 4.98 Å². The quantitative estimate of drug-likeness (QED) is 0.590. The molecule has 1 rings (SSSR count). The molecule has 1 atom stereocenters. The molecule has 0 saturated carbocycles. The van der Waals surface area contributed by atoms with E-state index in [0.717, 1.165) is 29.1 Å². The van der Waals surface area contributed by atoms with Crippen LogP contribution < -0.4 is 11.1 Å². The van der Waals surface area contributed by atoms with Crippen molar-refractivity contribution in [3.63, 3.8) is 0 Å². The van der Waals surface area contributed by atoms with Crippen molar-refractivity contribution in [3.8, 4) is 0 Å². The van der Waals surface area contributed by atoms with Crippen molar-refractivity contribution in [2.24, 2.45) is 5.73 Å². The van der Waals surface area contributed by atoms with Crippen molar-refractivity contribution in [2.45, 2.75) is 59.4 Å². The van der Waals surface area contributed by atoms with Crippen LogP contribution in [0.25, 0.3) is 0 Å². The third-order valence-corrected chi connectivity index (χ3v) is 3.42. The molecule has 0 radical (unpaired) electrons. The molecular weight excluding hydrogens is 254 g/mol. The number of nitrogens with two attached hydrogens (primary N) is 1. The Morgan fingerprint density at radius 2 is 2.11 bits per heavy atom. The molecule has 1 unspecified atom stereocenters. The third kappa shape index (κ3) is 4.78. The van der Waals surface area contributed by atoms with Crippen molar-refractivity contribution in [3.05, 3.63) is 23.0 Å². The lowest BCUT2D eigenvalue weighted by atomic mass is 10.1. The molecule has 3 nitrogen and oxygen atoms in total. The largest absolute Gasteiger partial charge is 0.389 e. The van der Waals surface area contributed by atoms with Crippen LogP contribution in [0, 0.1) is 13.8 Å². The number of pyridine rings is 1. The number of anilines is 1. The Hall–Kier alpha value is -1.16. The van der Waals surface area contributed by atoms with E-state index in [1.54, 1.807) is 0 Å². The normalized spacial score (nSPS) is 12.2. The van der Waals surface area contributed by atoms with Gasteiger partial charge in [0.15, 0.2) is 0 Å². The van der Waals surface area contributed by atoms with Crippen LogP contribution in [0.4, 0.5) is 5.69 Å². The Labute approximate surface area is 122 Å². The lowest BCUT2D eigenvalue weighted by Gasteiger charge is -2.19. The van der Waals surface area contributed by atoms with Gasteiger partial charge in [-0.1, -0.05) is 38.4 Å². The van der Waals surface area contributed by atoms with Gasteiger partial charge in [0.05, 0.1) is 5.56 Å². The summed E-state index contributed by atoms with van der Waals surface area (Å²) in [5.41, 5.74) is 9.59. The fourth-order valence-electron chi connectivity index (χ4n) is 2.29. The Morgan fingerprint density at radius 3 is 2.68 bits per heavy atom. The van der Waals surface area contributed by atoms with E-state index in [1.165, 1.54) is 19.3 Å². The third-order valence-electron chi connectivity index (χ3n) is 3.22. The van der Waals surface area contributed by atoms with Crippen LogP contribution in [-0.4, -0.2) is 16.0 Å². The summed E-state index contributed by atoms with van der Waals surface area (Å²) >= 11 is 5.14. The molecule has 0 bridgehead atoms. The zero-order valence-electron chi connectivity index (χ0n) is 12.4. The van der Waals surface area contributed by atoms with Gasteiger partial charge < -0.3 is 11.1 Å². The first kappa shape index (κ1) is 15.9. The summed E-state index contributed by atoms with van der Waals surface area (Å²) < 4.78 is 0. The predicted molar refractivity (Wildman–Crippen MR) is 86.8 cm³/mol. The van der Waals surface area contributed by atoms with E-state index in [1.807, 2.05) is 19.9 Å². The number of aromatic nitrogens is 1. The van der Waals surface area contributed by atoms with Crippen LogP contribution in [0.15, 0.2) is 6.07 Å². The van der Waals surface area contributed by atoms with E-state index in [4.69, 9.17) is 18.0 Å². The average Bonchev–Trinajstić information content (AvgIpc) is 2.27. The Bertz CT molecular complexity index is 443. The maximum Gasteiger partial charge on any atom is 0.107 e. The van der Waals surface area contributed by atoms with Gasteiger partial charge in [0.2, 0.25) is 0 Å². The molecule has 106 valence electrons. The molecule has 0 aliphatic rings. The van der Waals surface area contributed by atoms with Crippen LogP contribution in [-0.2, 0) is 0 Å². The van der Waals surface area contributed by atoms with Gasteiger partial charge in [0.1, 0.15) is 4.99 Å². The van der Waals surface area contributed by atoms with E-state index in [0.29, 0.717) is 11.0 Å². The zero-order valence-corrected chi connectivity index (χ0v) is 13.2. The Morgan fingerprint density at radius 1 is 1.42 bits per heavy atom. The lowest BCUT2D eigenvalue weighted by Crippen LogP contribution is -2.21. The molecule has 0 aliphatic heterocycles. The topological polar surface area (TPSA) is 50.9 Å². The fraction of sp³-hybridized carbons (Fsp3) is 0.600. The van der Waals surface area contributed by atoms with Crippen LogP contribution in [0.3, 0.4) is 0 Å². The van der Waals surface area contributed by atoms with Gasteiger partial charge in [-0.05, 0) is 33.3 Å². The highest BCUT2D eigenvalue weighted by Crippen LogP contribution is 2.21. The molecule has 3 N–H and O–H groups in total. The van der Waals surface area contributed by atoms with Crippen LogP contribution >= 0.6 is 12.2 Å². The SMILES string of the molecule is CCCCCC(C)Nc1cc(C)nc(C)c1C(N)=S. The molecule has 1 aromatic rings. The van der Waals surface area contributed by atoms with Gasteiger partial charge in [-0.25, -0.2) is 0 Å². The highest BCUT2D eigenvalue weighted by Gasteiger charge is 2.12. The van der Waals surface area contributed by atoms with Crippen molar-refractivity contribution in [1.29, 1.82) is 0 Å². The van der Waals surface area contributed by atoms with E-state index in [-0.39, 0.29) is 0 Å². The molecule has 4 heteroatoms. The first-order valence-corrected chi connectivity index (χ1v) is 7.41. The van der Waals surface area contributed by atoms with E-state index in [9.17, 15) is 0 Å². The fourth-order valence-corrected chi connectivity index (χ4v) is 2.55. The van der Waals surface area contributed by atoms with Crippen molar-refractivity contribution in [2.75, 3.05) is 5.32 Å². The number of rotatable bonds is 7. The second-order valence-electron chi connectivity index (χ2n) is 5.18. The highest BCUT2D eigenvalue weighted by molar-refractivity contribution is 7.80. The summed E-state index contributed by atoms with van der Waals surface area (Å²) in [4.78, 5) is 4.84. The maximum atomic E-state index is 5.81. The molecule has 0 aliphatic carbocycles. The monoisotopic (exact) mass is 279 g/mol. The van der Waals surface area contributed by atoms with Crippen molar-refractivity contribution >= 4 is 22.9 Å². The van der Waals surface area contributed by atoms with Gasteiger partial charge in [0.25, 0.3) is 0 Å². The van der Waals surface area contributed by atoms with Gasteiger partial charge in [-0.15, -0.1) is 0 Å². The van der Waals surface area contributed by atoms with Gasteiger partial charge in [0, 0.05) is 23.1 Å². The molecule has 1 heterocycles. The van der Waals surface area contributed by atoms with E-state index >= 15 is 0 Å². The number of hydrogen-bond donors (Lipinski definition) is 2. The summed E-state index contributed by atoms with van der Waals surface area (Å²) in [6, 6.07) is 2.44. The molecule has 0 fully saturated rings. The molecular formula is C15H25N3S. The molecule has 0 spiro atoms. The van der Waals surface area contributed by atoms with Crippen molar-refractivity contribution < 1.29 is 0 Å². The minimum absolute atomic E-state index is 0.410. The number of thiocarbonyl (C=S) groups is 1. The number of aryl methyl sites for hydroxylation is 2. The number of unbranched alkanes of at least 4 members (excludes halogenated alkanes) is 2. The predicted octanol–water partition coefficient (Wildman–Crippen LogP) is 3.71. The second-order valence-corrected chi connectivity index (χ2v) is 5.62. The van der Waals surface area contributed by atoms with Crippen LogP contribution in [0.5, 0.6) is 0 Å². The summed E-state index contributed by atoms with van der Waals surface area (Å²) in [5, 5.41) is 3.52. The summed E-state index contributed by atoms with van der Waals surface area (Å²) in [5.74, 6) is 0.